The minimum Gasteiger partial charge on any atom is -0.384 e. The van der Waals surface area contributed by atoms with Gasteiger partial charge in [0.15, 0.2) is 0 Å². The Kier molecular flexibility index (Phi) is 4.51. The van der Waals surface area contributed by atoms with Crippen LogP contribution in [0.25, 0.3) is 0 Å². The fourth-order valence-corrected chi connectivity index (χ4v) is 3.91. The van der Waals surface area contributed by atoms with Gasteiger partial charge < -0.3 is 10.0 Å². The number of hydrogen-bond donors (Lipinski definition) is 1. The van der Waals surface area contributed by atoms with Crippen molar-refractivity contribution < 1.29 is 5.11 Å². The summed E-state index contributed by atoms with van der Waals surface area (Å²) in [5, 5.41) is 11.8. The summed E-state index contributed by atoms with van der Waals surface area (Å²) >= 11 is 0. The fourth-order valence-electron chi connectivity index (χ4n) is 3.91. The first-order valence-corrected chi connectivity index (χ1v) is 8.40. The van der Waals surface area contributed by atoms with Crippen molar-refractivity contribution in [2.45, 2.75) is 31.3 Å². The van der Waals surface area contributed by atoms with Crippen molar-refractivity contribution in [1.82, 2.24) is 9.88 Å². The Morgan fingerprint density at radius 2 is 1.96 bits per heavy atom. The van der Waals surface area contributed by atoms with Gasteiger partial charge in [0.1, 0.15) is 5.60 Å². The summed E-state index contributed by atoms with van der Waals surface area (Å²) in [6.07, 6.45) is 3.73. The molecule has 0 fully saturated rings. The van der Waals surface area contributed by atoms with E-state index in [9.17, 15) is 5.11 Å². The molecule has 3 atom stereocenters. The van der Waals surface area contributed by atoms with E-state index in [2.05, 4.69) is 49.1 Å². The number of aliphatic hydroxyl groups is 1. The van der Waals surface area contributed by atoms with E-state index in [1.807, 2.05) is 30.5 Å². The minimum absolute atomic E-state index is 0.0282. The van der Waals surface area contributed by atoms with Gasteiger partial charge in [-0.15, -0.1) is 0 Å². The highest BCUT2D eigenvalue weighted by Crippen LogP contribution is 2.50. The third-order valence-electron chi connectivity index (χ3n) is 5.25. The van der Waals surface area contributed by atoms with Crippen LogP contribution in [-0.2, 0) is 12.0 Å². The average Bonchev–Trinajstić information content (AvgIpc) is 2.87. The first kappa shape index (κ1) is 16.2. The van der Waals surface area contributed by atoms with Gasteiger partial charge in [-0.25, -0.2) is 0 Å². The molecule has 3 nitrogen and oxygen atoms in total. The van der Waals surface area contributed by atoms with Crippen molar-refractivity contribution >= 4 is 0 Å². The first-order valence-electron chi connectivity index (χ1n) is 8.40. The topological polar surface area (TPSA) is 36.4 Å². The monoisotopic (exact) mass is 310 g/mol. The number of nitrogens with zero attached hydrogens (tertiary/aromatic N) is 2. The largest absolute Gasteiger partial charge is 0.384 e. The molecular formula is C20H26N2O. The zero-order chi connectivity index (χ0) is 16.4. The molecule has 0 amide bonds. The predicted octanol–water partition coefficient (Wildman–Crippen LogP) is 3.20. The molecule has 0 bridgehead atoms. The standard InChI is InChI=1S/C20H26N2O/c1-15(19-10-6-7-12-21-19)20(23)17(11-13-22(2)3)14-16-8-4-5-9-18(16)20/h4-10,12,15,17,23H,11,13-14H2,1-3H3. The molecule has 23 heavy (non-hydrogen) atoms. The molecule has 1 heterocycles. The molecule has 0 saturated heterocycles. The summed E-state index contributed by atoms with van der Waals surface area (Å²) < 4.78 is 0. The second kappa shape index (κ2) is 6.42. The molecule has 3 unspecified atom stereocenters. The summed E-state index contributed by atoms with van der Waals surface area (Å²) in [5.41, 5.74) is 2.48. The zero-order valence-electron chi connectivity index (χ0n) is 14.2. The lowest BCUT2D eigenvalue weighted by atomic mass is 9.74. The van der Waals surface area contributed by atoms with Gasteiger partial charge in [-0.1, -0.05) is 37.3 Å². The second-order valence-electron chi connectivity index (χ2n) is 6.95. The fraction of sp³-hybridized carbons (Fsp3) is 0.450. The van der Waals surface area contributed by atoms with Crippen LogP contribution in [0.1, 0.15) is 36.1 Å². The second-order valence-corrected chi connectivity index (χ2v) is 6.95. The van der Waals surface area contributed by atoms with Crippen molar-refractivity contribution in [2.75, 3.05) is 20.6 Å². The first-order chi connectivity index (χ1) is 11.0. The SMILES string of the molecule is CC(c1ccccn1)C1(O)c2ccccc2CC1CCN(C)C. The molecule has 1 aromatic carbocycles. The zero-order valence-corrected chi connectivity index (χ0v) is 14.2. The molecule has 0 aliphatic heterocycles. The van der Waals surface area contributed by atoms with E-state index < -0.39 is 5.60 Å². The van der Waals surface area contributed by atoms with E-state index in [0.29, 0.717) is 0 Å². The van der Waals surface area contributed by atoms with Crippen LogP contribution < -0.4 is 0 Å². The Balaban J connectivity index is 1.99. The van der Waals surface area contributed by atoms with Crippen molar-refractivity contribution in [3.63, 3.8) is 0 Å². The molecule has 1 N–H and O–H groups in total. The lowest BCUT2D eigenvalue weighted by Gasteiger charge is -2.37. The molecule has 1 aromatic heterocycles. The number of pyridine rings is 1. The van der Waals surface area contributed by atoms with E-state index in [0.717, 1.165) is 30.6 Å². The number of aromatic nitrogens is 1. The van der Waals surface area contributed by atoms with Crippen LogP contribution in [0, 0.1) is 5.92 Å². The molecule has 0 saturated carbocycles. The van der Waals surface area contributed by atoms with E-state index in [1.165, 1.54) is 5.56 Å². The lowest BCUT2D eigenvalue weighted by molar-refractivity contribution is -0.0388. The number of benzene rings is 1. The maximum atomic E-state index is 11.8. The Labute approximate surface area is 139 Å². The third kappa shape index (κ3) is 2.91. The molecule has 122 valence electrons. The third-order valence-corrected chi connectivity index (χ3v) is 5.25. The van der Waals surface area contributed by atoms with Crippen LogP contribution >= 0.6 is 0 Å². The van der Waals surface area contributed by atoms with Crippen LogP contribution in [0.15, 0.2) is 48.7 Å². The van der Waals surface area contributed by atoms with Gasteiger partial charge in [0.25, 0.3) is 0 Å². The molecule has 2 aromatic rings. The highest BCUT2D eigenvalue weighted by molar-refractivity contribution is 5.41. The summed E-state index contributed by atoms with van der Waals surface area (Å²) in [6.45, 7) is 3.09. The minimum atomic E-state index is -0.846. The lowest BCUT2D eigenvalue weighted by Crippen LogP contribution is -2.38. The van der Waals surface area contributed by atoms with Gasteiger partial charge in [-0.2, -0.15) is 0 Å². The van der Waals surface area contributed by atoms with Crippen LogP contribution in [0.4, 0.5) is 0 Å². The van der Waals surface area contributed by atoms with Gasteiger partial charge in [0, 0.05) is 17.8 Å². The highest BCUT2D eigenvalue weighted by Gasteiger charge is 2.49. The van der Waals surface area contributed by atoms with Crippen molar-refractivity contribution in [3.05, 3.63) is 65.5 Å². The Hall–Kier alpha value is -1.71. The van der Waals surface area contributed by atoms with Gasteiger partial charge in [0.2, 0.25) is 0 Å². The number of fused-ring (bicyclic) bond motifs is 1. The Morgan fingerprint density at radius 1 is 1.22 bits per heavy atom. The van der Waals surface area contributed by atoms with Crippen LogP contribution in [-0.4, -0.2) is 35.6 Å². The van der Waals surface area contributed by atoms with E-state index in [1.54, 1.807) is 0 Å². The molecular weight excluding hydrogens is 284 g/mol. The molecule has 0 radical (unpaired) electrons. The van der Waals surface area contributed by atoms with E-state index >= 15 is 0 Å². The molecule has 1 aliphatic rings. The van der Waals surface area contributed by atoms with Crippen LogP contribution in [0.2, 0.25) is 0 Å². The highest BCUT2D eigenvalue weighted by atomic mass is 16.3. The predicted molar refractivity (Wildman–Crippen MR) is 93.4 cm³/mol. The maximum Gasteiger partial charge on any atom is 0.101 e. The van der Waals surface area contributed by atoms with E-state index in [4.69, 9.17) is 0 Å². The van der Waals surface area contributed by atoms with Crippen LogP contribution in [0.3, 0.4) is 0 Å². The van der Waals surface area contributed by atoms with Crippen molar-refractivity contribution in [3.8, 4) is 0 Å². The smallest absolute Gasteiger partial charge is 0.101 e. The van der Waals surface area contributed by atoms with Gasteiger partial charge in [-0.05, 0) is 62.7 Å². The maximum absolute atomic E-state index is 11.8. The Morgan fingerprint density at radius 3 is 2.65 bits per heavy atom. The Bertz CT molecular complexity index is 656. The molecule has 1 aliphatic carbocycles. The van der Waals surface area contributed by atoms with Crippen LogP contribution in [0.5, 0.6) is 0 Å². The van der Waals surface area contributed by atoms with Crippen molar-refractivity contribution in [1.29, 1.82) is 0 Å². The van der Waals surface area contributed by atoms with Crippen molar-refractivity contribution in [2.24, 2.45) is 5.92 Å². The molecule has 3 heteroatoms. The average molecular weight is 310 g/mol. The summed E-state index contributed by atoms with van der Waals surface area (Å²) in [7, 11) is 4.17. The normalized spacial score (nSPS) is 24.7. The molecule has 3 rings (SSSR count). The van der Waals surface area contributed by atoms with E-state index in [-0.39, 0.29) is 11.8 Å². The summed E-state index contributed by atoms with van der Waals surface area (Å²) in [4.78, 5) is 6.69. The summed E-state index contributed by atoms with van der Waals surface area (Å²) in [5.74, 6) is 0.193. The summed E-state index contributed by atoms with van der Waals surface area (Å²) in [6, 6.07) is 14.3. The van der Waals surface area contributed by atoms with Gasteiger partial charge in [0.05, 0.1) is 0 Å². The number of rotatable bonds is 5. The number of hydrogen-bond acceptors (Lipinski definition) is 3. The van der Waals surface area contributed by atoms with Gasteiger partial charge >= 0.3 is 0 Å². The quantitative estimate of drug-likeness (QED) is 0.921. The van der Waals surface area contributed by atoms with Gasteiger partial charge in [-0.3, -0.25) is 4.98 Å². The molecule has 0 spiro atoms.